The molecule has 1 unspecified atom stereocenters. The van der Waals surface area contributed by atoms with Crippen molar-refractivity contribution in [3.05, 3.63) is 65.7 Å². The van der Waals surface area contributed by atoms with Gasteiger partial charge in [0.2, 0.25) is 0 Å². The first-order valence-corrected chi connectivity index (χ1v) is 9.18. The van der Waals surface area contributed by atoms with Crippen LogP contribution in [0.1, 0.15) is 17.3 Å². The molecule has 8 nitrogen and oxygen atoms in total. The van der Waals surface area contributed by atoms with E-state index in [2.05, 4.69) is 8.83 Å². The van der Waals surface area contributed by atoms with Crippen LogP contribution in [0.25, 0.3) is 0 Å². The van der Waals surface area contributed by atoms with Crippen molar-refractivity contribution in [3.63, 3.8) is 0 Å². The van der Waals surface area contributed by atoms with Crippen LogP contribution in [0.5, 0.6) is 5.75 Å². The van der Waals surface area contributed by atoms with Gasteiger partial charge in [-0.1, -0.05) is 30.3 Å². The minimum Gasteiger partial charge on any atom is -1.00 e. The standard InChI is InChI=1S/C13H12O8P2.K.H/c14-13(10-4-2-1-3-5-10)11-6-8-12(9-7-11)20-23(18,19)21-22(15,16)17;;/h1-9H,(H,18,19)(H2,15,16,17);;/q;+1;-1. The molecular weight excluding hydrogens is 385 g/mol. The van der Waals surface area contributed by atoms with E-state index in [9.17, 15) is 18.8 Å². The fourth-order valence-corrected chi connectivity index (χ4v) is 3.30. The Morgan fingerprint density at radius 2 is 1.38 bits per heavy atom. The third kappa shape index (κ3) is 6.99. The number of rotatable bonds is 6. The molecule has 0 spiro atoms. The van der Waals surface area contributed by atoms with Crippen LogP contribution >= 0.6 is 15.6 Å². The topological polar surface area (TPSA) is 130 Å². The Labute approximate surface area is 181 Å². The Morgan fingerprint density at radius 1 is 0.875 bits per heavy atom. The molecule has 0 radical (unpaired) electrons. The molecule has 2 aromatic carbocycles. The van der Waals surface area contributed by atoms with Gasteiger partial charge in [0.25, 0.3) is 0 Å². The summed E-state index contributed by atoms with van der Waals surface area (Å²) in [4.78, 5) is 38.4. The molecule has 11 heteroatoms. The van der Waals surface area contributed by atoms with Crippen molar-refractivity contribution in [3.8, 4) is 5.75 Å². The van der Waals surface area contributed by atoms with Crippen molar-refractivity contribution in [2.24, 2.45) is 0 Å². The van der Waals surface area contributed by atoms with E-state index in [0.717, 1.165) is 0 Å². The molecule has 0 aliphatic heterocycles. The van der Waals surface area contributed by atoms with Gasteiger partial charge in [0.1, 0.15) is 5.75 Å². The summed E-state index contributed by atoms with van der Waals surface area (Å²) >= 11 is 0. The normalized spacial score (nSPS) is 13.5. The first-order valence-electron chi connectivity index (χ1n) is 6.15. The van der Waals surface area contributed by atoms with Gasteiger partial charge in [0, 0.05) is 11.1 Å². The second-order valence-corrected chi connectivity index (χ2v) is 7.11. The van der Waals surface area contributed by atoms with Crippen molar-refractivity contribution in [2.45, 2.75) is 0 Å². The zero-order chi connectivity index (χ0) is 17.1. The van der Waals surface area contributed by atoms with Crippen molar-refractivity contribution in [2.75, 3.05) is 0 Å². The van der Waals surface area contributed by atoms with Crippen molar-refractivity contribution < 1.29 is 90.3 Å². The zero-order valence-electron chi connectivity index (χ0n) is 13.5. The van der Waals surface area contributed by atoms with E-state index in [-0.39, 0.29) is 64.3 Å². The van der Waals surface area contributed by atoms with Crippen LogP contribution in [0, 0.1) is 0 Å². The third-order valence-corrected chi connectivity index (χ3v) is 4.70. The quantitative estimate of drug-likeness (QED) is 0.341. The predicted molar refractivity (Wildman–Crippen MR) is 81.0 cm³/mol. The number of phosphoric ester groups is 1. The maximum atomic E-state index is 12.2. The van der Waals surface area contributed by atoms with Crippen LogP contribution in [0.4, 0.5) is 0 Å². The molecule has 0 fully saturated rings. The molecule has 1 atom stereocenters. The summed E-state index contributed by atoms with van der Waals surface area (Å²) in [5.41, 5.74) is 0.783. The van der Waals surface area contributed by atoms with E-state index in [1.54, 1.807) is 30.3 Å². The molecule has 0 aliphatic rings. The van der Waals surface area contributed by atoms with E-state index in [0.29, 0.717) is 11.1 Å². The number of hydrogen-bond donors (Lipinski definition) is 3. The van der Waals surface area contributed by atoms with Crippen LogP contribution < -0.4 is 55.9 Å². The average molecular weight is 398 g/mol. The van der Waals surface area contributed by atoms with E-state index >= 15 is 0 Å². The van der Waals surface area contributed by atoms with Gasteiger partial charge in [-0.15, -0.1) is 0 Å². The number of ketones is 1. The fourth-order valence-electron chi connectivity index (χ4n) is 1.71. The van der Waals surface area contributed by atoms with Gasteiger partial charge >= 0.3 is 67.0 Å². The fraction of sp³-hybridized carbons (Fsp3) is 0. The molecule has 0 heterocycles. The summed E-state index contributed by atoms with van der Waals surface area (Å²) in [5.74, 6) is -0.440. The second-order valence-electron chi connectivity index (χ2n) is 4.35. The van der Waals surface area contributed by atoms with Gasteiger partial charge in [-0.05, 0) is 24.3 Å². The van der Waals surface area contributed by atoms with E-state index in [1.165, 1.54) is 24.3 Å². The largest absolute Gasteiger partial charge is 1.00 e. The molecule has 3 N–H and O–H groups in total. The molecule has 0 aromatic heterocycles. The number of benzene rings is 2. The molecule has 0 amide bonds. The van der Waals surface area contributed by atoms with E-state index in [4.69, 9.17) is 9.79 Å². The van der Waals surface area contributed by atoms with Gasteiger partial charge in [-0.3, -0.25) is 9.69 Å². The van der Waals surface area contributed by atoms with Gasteiger partial charge in [0.05, 0.1) is 0 Å². The minimum absolute atomic E-state index is 0. The van der Waals surface area contributed by atoms with Gasteiger partial charge < -0.3 is 15.7 Å². The van der Waals surface area contributed by atoms with Crippen LogP contribution in [0.3, 0.4) is 0 Å². The van der Waals surface area contributed by atoms with Crippen LogP contribution in [-0.4, -0.2) is 20.5 Å². The van der Waals surface area contributed by atoms with Crippen molar-refractivity contribution in [1.82, 2.24) is 0 Å². The third-order valence-electron chi connectivity index (χ3n) is 2.58. The summed E-state index contributed by atoms with van der Waals surface area (Å²) in [6.45, 7) is 0. The van der Waals surface area contributed by atoms with Crippen LogP contribution in [0.2, 0.25) is 0 Å². The number of phosphoric acid groups is 2. The zero-order valence-corrected chi connectivity index (χ0v) is 17.4. The molecule has 0 saturated carbocycles. The molecule has 2 aromatic rings. The van der Waals surface area contributed by atoms with Crippen LogP contribution in [0.15, 0.2) is 54.6 Å². The first-order chi connectivity index (χ1) is 10.7. The van der Waals surface area contributed by atoms with Gasteiger partial charge in [-0.25, -0.2) is 9.13 Å². The second kappa shape index (κ2) is 8.98. The Balaban J connectivity index is 0.00000288. The van der Waals surface area contributed by atoms with Crippen molar-refractivity contribution >= 4 is 21.4 Å². The van der Waals surface area contributed by atoms with Crippen LogP contribution in [-0.2, 0) is 13.4 Å². The van der Waals surface area contributed by atoms with Gasteiger partial charge in [0.15, 0.2) is 5.78 Å². The van der Waals surface area contributed by atoms with E-state index in [1.807, 2.05) is 0 Å². The molecule has 124 valence electrons. The summed E-state index contributed by atoms with van der Waals surface area (Å²) in [6.07, 6.45) is 0. The molecule has 0 saturated heterocycles. The minimum atomic E-state index is -5.18. The smallest absolute Gasteiger partial charge is 1.00 e. The Morgan fingerprint density at radius 3 is 1.88 bits per heavy atom. The summed E-state index contributed by atoms with van der Waals surface area (Å²) in [6, 6.07) is 13.6. The summed E-state index contributed by atoms with van der Waals surface area (Å²) in [5, 5.41) is 0. The number of carbonyl (C=O) groups excluding carboxylic acids is 1. The van der Waals surface area contributed by atoms with E-state index < -0.39 is 15.6 Å². The summed E-state index contributed by atoms with van der Waals surface area (Å²) < 4.78 is 30.1. The molecule has 2 rings (SSSR count). The monoisotopic (exact) mass is 398 g/mol. The molecule has 0 aliphatic carbocycles. The molecular formula is C13H13KO8P2. The average Bonchev–Trinajstić information content (AvgIpc) is 2.45. The predicted octanol–water partition coefficient (Wildman–Crippen LogP) is -0.377. The Bertz CT molecular complexity index is 793. The maximum absolute atomic E-state index is 12.2. The van der Waals surface area contributed by atoms with Crippen molar-refractivity contribution in [1.29, 1.82) is 0 Å². The Kier molecular flexibility index (Phi) is 8.19. The molecule has 24 heavy (non-hydrogen) atoms. The summed E-state index contributed by atoms with van der Waals surface area (Å²) in [7, 11) is -10.2. The van der Waals surface area contributed by atoms with Gasteiger partial charge in [-0.2, -0.15) is 4.31 Å². The maximum Gasteiger partial charge on any atom is 1.00 e. The number of hydrogen-bond acceptors (Lipinski definition) is 5. The number of carbonyl (C=O) groups is 1. The SMILES string of the molecule is O=C(c1ccccc1)c1ccc(OP(=O)(O)OP(=O)(O)O)cc1.[H-].[K+]. The Hall–Kier alpha value is -0.154. The molecule has 0 bridgehead atoms. The first kappa shape index (κ1) is 21.9.